The minimum absolute atomic E-state index is 0. The molecule has 2 aliphatic rings. The highest BCUT2D eigenvalue weighted by molar-refractivity contribution is 6.25. The lowest BCUT2D eigenvalue weighted by atomic mass is 9.79. The van der Waals surface area contributed by atoms with Gasteiger partial charge in [-0.3, -0.25) is 19.3 Å². The van der Waals surface area contributed by atoms with Crippen LogP contribution in [-0.2, 0) is 4.79 Å². The maximum Gasteiger partial charge on any atom is 0.261 e. The summed E-state index contributed by atoms with van der Waals surface area (Å²) < 4.78 is 0. The molecule has 7 heteroatoms. The van der Waals surface area contributed by atoms with Gasteiger partial charge < -0.3 is 10.6 Å². The van der Waals surface area contributed by atoms with Crippen molar-refractivity contribution < 1.29 is 14.4 Å². The Kier molecular flexibility index (Phi) is 6.20. The molecule has 2 aliphatic heterocycles. The van der Waals surface area contributed by atoms with Crippen LogP contribution in [0.2, 0.25) is 0 Å². The van der Waals surface area contributed by atoms with Crippen LogP contribution in [0.4, 0.5) is 0 Å². The third-order valence-corrected chi connectivity index (χ3v) is 6.29. The van der Waals surface area contributed by atoms with Crippen molar-refractivity contribution in [3.63, 3.8) is 0 Å². The van der Waals surface area contributed by atoms with Crippen molar-refractivity contribution in [3.8, 4) is 0 Å². The summed E-state index contributed by atoms with van der Waals surface area (Å²) in [6, 6.07) is 11.1. The molecule has 2 aromatic carbocycles. The number of likely N-dealkylation sites (tertiary alicyclic amines) is 1. The highest BCUT2D eigenvalue weighted by Gasteiger charge is 2.36. The van der Waals surface area contributed by atoms with Crippen molar-refractivity contribution in [1.29, 1.82) is 0 Å². The van der Waals surface area contributed by atoms with Crippen LogP contribution in [0.1, 0.15) is 53.8 Å². The van der Waals surface area contributed by atoms with Crippen molar-refractivity contribution in [2.45, 2.75) is 39.2 Å². The molecule has 30 heavy (non-hydrogen) atoms. The van der Waals surface area contributed by atoms with Gasteiger partial charge in [-0.1, -0.05) is 38.1 Å². The Morgan fingerprint density at radius 2 is 1.70 bits per heavy atom. The smallest absolute Gasteiger partial charge is 0.261 e. The molecule has 0 aromatic heterocycles. The van der Waals surface area contributed by atoms with Gasteiger partial charge in [-0.15, -0.1) is 12.4 Å². The molecule has 0 spiro atoms. The summed E-state index contributed by atoms with van der Waals surface area (Å²) >= 11 is 0. The van der Waals surface area contributed by atoms with E-state index in [0.717, 1.165) is 17.2 Å². The van der Waals surface area contributed by atoms with Crippen LogP contribution in [0, 0.1) is 5.41 Å². The molecule has 4 rings (SSSR count). The quantitative estimate of drug-likeness (QED) is 0.756. The monoisotopic (exact) mass is 429 g/mol. The summed E-state index contributed by atoms with van der Waals surface area (Å²) in [6.45, 7) is 5.72. The first-order valence-electron chi connectivity index (χ1n) is 10.2. The second-order valence-electron chi connectivity index (χ2n) is 8.77. The first-order chi connectivity index (χ1) is 13.8. The van der Waals surface area contributed by atoms with Crippen LogP contribution < -0.4 is 5.73 Å². The number of hydrogen-bond donors (Lipinski definition) is 1. The third-order valence-electron chi connectivity index (χ3n) is 6.29. The molecule has 1 fully saturated rings. The molecule has 2 N–H and O–H groups in total. The topological polar surface area (TPSA) is 83.7 Å². The normalized spacial score (nSPS) is 20.3. The molecule has 0 radical (unpaired) electrons. The summed E-state index contributed by atoms with van der Waals surface area (Å²) in [6.07, 6.45) is 1.56. The summed E-state index contributed by atoms with van der Waals surface area (Å²) in [5.41, 5.74) is 7.16. The van der Waals surface area contributed by atoms with Gasteiger partial charge >= 0.3 is 0 Å². The molecule has 160 valence electrons. The van der Waals surface area contributed by atoms with E-state index in [4.69, 9.17) is 5.73 Å². The first-order valence-corrected chi connectivity index (χ1v) is 10.2. The van der Waals surface area contributed by atoms with E-state index in [9.17, 15) is 14.4 Å². The lowest BCUT2D eigenvalue weighted by Crippen LogP contribution is -2.54. The summed E-state index contributed by atoms with van der Waals surface area (Å²) in [7, 11) is 0. The van der Waals surface area contributed by atoms with Crippen LogP contribution in [-0.4, -0.2) is 53.2 Å². The number of nitrogens with two attached hydrogens (primary N) is 1. The molecule has 3 amide bonds. The average Bonchev–Trinajstić information content (AvgIpc) is 2.70. The zero-order valence-corrected chi connectivity index (χ0v) is 18.2. The van der Waals surface area contributed by atoms with Crippen molar-refractivity contribution in [3.05, 3.63) is 47.5 Å². The fourth-order valence-corrected chi connectivity index (χ4v) is 4.42. The van der Waals surface area contributed by atoms with E-state index >= 15 is 0 Å². The fourth-order valence-electron chi connectivity index (χ4n) is 4.42. The predicted molar refractivity (Wildman–Crippen MR) is 119 cm³/mol. The molecule has 0 saturated carbocycles. The Balaban J connectivity index is 0.00000256. The first kappa shape index (κ1) is 22.2. The number of carbonyl (C=O) groups excluding carboxylic acids is 3. The zero-order chi connectivity index (χ0) is 20.8. The van der Waals surface area contributed by atoms with E-state index in [1.54, 1.807) is 12.1 Å². The van der Waals surface area contributed by atoms with Crippen molar-refractivity contribution >= 4 is 40.9 Å². The summed E-state index contributed by atoms with van der Waals surface area (Å²) in [5, 5.41) is 1.62. The van der Waals surface area contributed by atoms with Crippen molar-refractivity contribution in [1.82, 2.24) is 9.80 Å². The number of amides is 3. The van der Waals surface area contributed by atoms with Crippen LogP contribution in [0.15, 0.2) is 36.4 Å². The second kappa shape index (κ2) is 8.36. The van der Waals surface area contributed by atoms with E-state index in [1.165, 1.54) is 4.90 Å². The Labute approximate surface area is 182 Å². The molecule has 1 unspecified atom stereocenters. The molecule has 1 saturated heterocycles. The van der Waals surface area contributed by atoms with Gasteiger partial charge in [-0.25, -0.2) is 0 Å². The minimum Gasteiger partial charge on any atom is -0.342 e. The molecular formula is C23H28ClN3O3. The largest absolute Gasteiger partial charge is 0.342 e. The molecular weight excluding hydrogens is 402 g/mol. The SMILES string of the molecule is CC1(C)CN(C(=O)CCCN2C(=O)c3cccc4cccc(c34)C2=O)CCC1N.Cl. The molecule has 0 aliphatic carbocycles. The Bertz CT molecular complexity index is 954. The number of nitrogens with zero attached hydrogens (tertiary/aromatic N) is 2. The maximum absolute atomic E-state index is 12.9. The van der Waals surface area contributed by atoms with Gasteiger partial charge in [0.2, 0.25) is 5.91 Å². The third kappa shape index (κ3) is 3.82. The molecule has 2 heterocycles. The second-order valence-corrected chi connectivity index (χ2v) is 8.77. The van der Waals surface area contributed by atoms with Gasteiger partial charge in [0.25, 0.3) is 11.8 Å². The number of carbonyl (C=O) groups is 3. The van der Waals surface area contributed by atoms with Gasteiger partial charge in [0, 0.05) is 48.6 Å². The number of benzene rings is 2. The standard InChI is InChI=1S/C23H27N3O3.ClH/c1-23(2)14-25(13-11-18(23)24)19(27)10-5-12-26-21(28)16-8-3-6-15-7-4-9-17(20(15)16)22(26)29;/h3-4,6-9,18H,5,10-14,24H2,1-2H3;1H. The van der Waals surface area contributed by atoms with Crippen LogP contribution in [0.3, 0.4) is 0 Å². The Hall–Kier alpha value is -2.44. The van der Waals surface area contributed by atoms with Gasteiger partial charge in [0.15, 0.2) is 0 Å². The van der Waals surface area contributed by atoms with E-state index in [1.807, 2.05) is 29.2 Å². The zero-order valence-electron chi connectivity index (χ0n) is 17.4. The lowest BCUT2D eigenvalue weighted by Gasteiger charge is -2.42. The van der Waals surface area contributed by atoms with E-state index in [-0.39, 0.29) is 48.1 Å². The average molecular weight is 430 g/mol. The molecule has 6 nitrogen and oxygen atoms in total. The maximum atomic E-state index is 12.9. The minimum atomic E-state index is -0.281. The predicted octanol–water partition coefficient (Wildman–Crippen LogP) is 3.22. The van der Waals surface area contributed by atoms with Crippen molar-refractivity contribution in [2.24, 2.45) is 11.1 Å². The van der Waals surface area contributed by atoms with Gasteiger partial charge in [-0.05, 0) is 35.8 Å². The number of hydrogen-bond acceptors (Lipinski definition) is 4. The highest BCUT2D eigenvalue weighted by atomic mass is 35.5. The molecule has 0 bridgehead atoms. The van der Waals surface area contributed by atoms with E-state index < -0.39 is 0 Å². The van der Waals surface area contributed by atoms with E-state index in [2.05, 4.69) is 13.8 Å². The van der Waals surface area contributed by atoms with Crippen LogP contribution in [0.25, 0.3) is 10.8 Å². The summed E-state index contributed by atoms with van der Waals surface area (Å²) in [5.74, 6) is -0.502. The number of imide groups is 1. The van der Waals surface area contributed by atoms with Crippen LogP contribution in [0.5, 0.6) is 0 Å². The van der Waals surface area contributed by atoms with Gasteiger partial charge in [0.05, 0.1) is 0 Å². The van der Waals surface area contributed by atoms with Gasteiger partial charge in [0.1, 0.15) is 0 Å². The molecule has 2 aromatic rings. The van der Waals surface area contributed by atoms with Crippen LogP contribution >= 0.6 is 12.4 Å². The Morgan fingerprint density at radius 3 is 2.27 bits per heavy atom. The van der Waals surface area contributed by atoms with E-state index in [0.29, 0.717) is 37.1 Å². The highest BCUT2D eigenvalue weighted by Crippen LogP contribution is 2.31. The summed E-state index contributed by atoms with van der Waals surface area (Å²) in [4.78, 5) is 41.6. The molecule has 1 atom stereocenters. The number of halogens is 1. The lowest BCUT2D eigenvalue weighted by molar-refractivity contribution is -0.134. The van der Waals surface area contributed by atoms with Gasteiger partial charge in [-0.2, -0.15) is 0 Å². The fraction of sp³-hybridized carbons (Fsp3) is 0.435. The number of rotatable bonds is 4. The number of piperidine rings is 1. The Morgan fingerprint density at radius 1 is 1.10 bits per heavy atom. The van der Waals surface area contributed by atoms with Crippen molar-refractivity contribution in [2.75, 3.05) is 19.6 Å².